The minimum absolute atomic E-state index is 0. The van der Waals surface area contributed by atoms with E-state index in [1.165, 1.54) is 22.7 Å². The SMILES string of the molecule is C.CC(C)(C)OC(=O)Nc1nc(C#Cc2ccccc2)cs1.Nc1nc(C#Cc2ccccc2)cs1. The molecule has 2 heterocycles. The van der Waals surface area contributed by atoms with Gasteiger partial charge in [-0.25, -0.2) is 14.8 Å². The van der Waals surface area contributed by atoms with Crippen LogP contribution >= 0.6 is 22.7 Å². The fourth-order valence-corrected chi connectivity index (χ4v) is 3.56. The van der Waals surface area contributed by atoms with Crippen molar-refractivity contribution in [2.45, 2.75) is 33.8 Å². The van der Waals surface area contributed by atoms with Crippen LogP contribution in [0.25, 0.3) is 0 Å². The number of nitrogens with two attached hydrogens (primary N) is 1. The molecule has 184 valence electrons. The Morgan fingerprint density at radius 1 is 0.833 bits per heavy atom. The van der Waals surface area contributed by atoms with Gasteiger partial charge in [0.2, 0.25) is 0 Å². The molecule has 0 aliphatic heterocycles. The van der Waals surface area contributed by atoms with E-state index in [0.29, 0.717) is 16.0 Å². The van der Waals surface area contributed by atoms with Crippen molar-refractivity contribution >= 4 is 39.0 Å². The van der Waals surface area contributed by atoms with Gasteiger partial charge in [0.1, 0.15) is 17.0 Å². The summed E-state index contributed by atoms with van der Waals surface area (Å²) in [7, 11) is 0. The van der Waals surface area contributed by atoms with Crippen molar-refractivity contribution in [2.24, 2.45) is 0 Å². The summed E-state index contributed by atoms with van der Waals surface area (Å²) >= 11 is 2.72. The Hall–Kier alpha value is -4.11. The van der Waals surface area contributed by atoms with Crippen molar-refractivity contribution in [1.29, 1.82) is 0 Å². The van der Waals surface area contributed by atoms with Gasteiger partial charge < -0.3 is 10.5 Å². The fourth-order valence-electron chi connectivity index (χ4n) is 2.44. The van der Waals surface area contributed by atoms with Crippen molar-refractivity contribution in [2.75, 3.05) is 11.1 Å². The standard InChI is InChI=1S/C16H16N2O2S.C11H8N2S.CH4/c1-16(2,3)20-15(19)18-14-17-13(11-21-14)10-9-12-7-5-4-6-8-12;12-11-13-10(8-14-11)7-6-9-4-2-1-3-5-9;/h4-8,11H,1-3H3,(H,17,18,19);1-5,8H,(H2,12,13);1H4. The third-order valence-corrected chi connectivity index (χ3v) is 5.28. The van der Waals surface area contributed by atoms with Crippen LogP contribution in [0.4, 0.5) is 15.1 Å². The monoisotopic (exact) mass is 516 g/mol. The molecule has 4 rings (SSSR count). The van der Waals surface area contributed by atoms with Crippen molar-refractivity contribution in [3.05, 3.63) is 93.9 Å². The highest BCUT2D eigenvalue weighted by molar-refractivity contribution is 7.14. The second-order valence-corrected chi connectivity index (χ2v) is 9.72. The van der Waals surface area contributed by atoms with Gasteiger partial charge in [0.25, 0.3) is 0 Å². The molecule has 2 aromatic heterocycles. The number of hydrogen-bond acceptors (Lipinski definition) is 7. The molecule has 0 aliphatic rings. The molecule has 0 unspecified atom stereocenters. The molecule has 4 aromatic rings. The Kier molecular flexibility index (Phi) is 10.7. The Morgan fingerprint density at radius 2 is 1.33 bits per heavy atom. The smallest absolute Gasteiger partial charge is 0.413 e. The van der Waals surface area contributed by atoms with E-state index in [1.807, 2.05) is 86.8 Å². The van der Waals surface area contributed by atoms with Gasteiger partial charge in [-0.05, 0) is 56.9 Å². The van der Waals surface area contributed by atoms with Gasteiger partial charge in [-0.1, -0.05) is 55.7 Å². The molecule has 0 saturated heterocycles. The minimum Gasteiger partial charge on any atom is -0.444 e. The maximum Gasteiger partial charge on any atom is 0.413 e. The number of hydrogen-bond donors (Lipinski definition) is 2. The number of anilines is 2. The van der Waals surface area contributed by atoms with Crippen LogP contribution in [0.2, 0.25) is 0 Å². The first-order valence-corrected chi connectivity index (χ1v) is 12.3. The van der Waals surface area contributed by atoms with Gasteiger partial charge in [-0.15, -0.1) is 22.7 Å². The molecule has 0 bridgehead atoms. The van der Waals surface area contributed by atoms with E-state index in [0.717, 1.165) is 16.8 Å². The quantitative estimate of drug-likeness (QED) is 0.276. The van der Waals surface area contributed by atoms with E-state index in [4.69, 9.17) is 10.5 Å². The predicted octanol–water partition coefficient (Wildman–Crippen LogP) is 6.65. The summed E-state index contributed by atoms with van der Waals surface area (Å²) in [5, 5.41) is 7.27. The summed E-state index contributed by atoms with van der Waals surface area (Å²) in [5.74, 6) is 11.9. The lowest BCUT2D eigenvalue weighted by molar-refractivity contribution is 0.0636. The Bertz CT molecular complexity index is 1370. The molecule has 1 amide bonds. The maximum atomic E-state index is 11.6. The molecule has 3 N–H and O–H groups in total. The maximum absolute atomic E-state index is 11.6. The number of nitrogen functional groups attached to an aromatic ring is 1. The number of ether oxygens (including phenoxy) is 1. The third kappa shape index (κ3) is 10.4. The number of thiazole rings is 2. The van der Waals surface area contributed by atoms with E-state index >= 15 is 0 Å². The molecule has 36 heavy (non-hydrogen) atoms. The van der Waals surface area contributed by atoms with Gasteiger partial charge in [0, 0.05) is 21.9 Å². The van der Waals surface area contributed by atoms with E-state index in [9.17, 15) is 4.79 Å². The minimum atomic E-state index is -0.530. The van der Waals surface area contributed by atoms with Gasteiger partial charge in [-0.2, -0.15) is 0 Å². The zero-order valence-corrected chi connectivity index (χ0v) is 21.2. The molecule has 0 saturated carbocycles. The first-order chi connectivity index (χ1) is 16.8. The predicted molar refractivity (Wildman–Crippen MR) is 150 cm³/mol. The molecule has 0 spiro atoms. The molecule has 6 nitrogen and oxygen atoms in total. The number of nitrogens with zero attached hydrogens (tertiary/aromatic N) is 2. The highest BCUT2D eigenvalue weighted by Crippen LogP contribution is 2.16. The molecule has 2 aromatic carbocycles. The zero-order valence-electron chi connectivity index (χ0n) is 19.5. The van der Waals surface area contributed by atoms with Crippen LogP contribution in [0.1, 0.15) is 50.7 Å². The molecule has 0 fully saturated rings. The fraction of sp³-hybridized carbons (Fsp3) is 0.179. The van der Waals surface area contributed by atoms with Gasteiger partial charge in [-0.3, -0.25) is 5.32 Å². The number of carbonyl (C=O) groups excluding carboxylic acids is 1. The zero-order chi connectivity index (χ0) is 25.1. The number of carbonyl (C=O) groups is 1. The molecule has 0 atom stereocenters. The van der Waals surface area contributed by atoms with Crippen molar-refractivity contribution in [1.82, 2.24) is 9.97 Å². The van der Waals surface area contributed by atoms with Crippen LogP contribution in [-0.4, -0.2) is 21.7 Å². The normalized spacial score (nSPS) is 9.64. The summed E-state index contributed by atoms with van der Waals surface area (Å²) in [4.78, 5) is 19.9. The third-order valence-electron chi connectivity index (χ3n) is 3.85. The van der Waals surface area contributed by atoms with Crippen LogP contribution in [-0.2, 0) is 4.74 Å². The van der Waals surface area contributed by atoms with Gasteiger partial charge >= 0.3 is 6.09 Å². The van der Waals surface area contributed by atoms with Crippen LogP contribution in [0.15, 0.2) is 71.4 Å². The van der Waals surface area contributed by atoms with Crippen molar-refractivity contribution < 1.29 is 9.53 Å². The van der Waals surface area contributed by atoms with Gasteiger partial charge in [0.05, 0.1) is 0 Å². The lowest BCUT2D eigenvalue weighted by atomic mass is 10.2. The summed E-state index contributed by atoms with van der Waals surface area (Å²) < 4.78 is 5.16. The lowest BCUT2D eigenvalue weighted by Crippen LogP contribution is -2.27. The number of benzene rings is 2. The second-order valence-electron chi connectivity index (χ2n) is 7.97. The number of nitrogens with one attached hydrogen (secondary N) is 1. The second kappa shape index (κ2) is 13.7. The van der Waals surface area contributed by atoms with E-state index < -0.39 is 11.7 Å². The first-order valence-electron chi connectivity index (χ1n) is 10.6. The van der Waals surface area contributed by atoms with Gasteiger partial charge in [0.15, 0.2) is 10.3 Å². The largest absolute Gasteiger partial charge is 0.444 e. The van der Waals surface area contributed by atoms with Crippen LogP contribution in [0.3, 0.4) is 0 Å². The highest BCUT2D eigenvalue weighted by Gasteiger charge is 2.17. The summed E-state index contributed by atoms with van der Waals surface area (Å²) in [6, 6.07) is 19.5. The van der Waals surface area contributed by atoms with E-state index in [1.54, 1.807) is 5.38 Å². The summed E-state index contributed by atoms with van der Waals surface area (Å²) in [6.07, 6.45) is -0.514. The lowest BCUT2D eigenvalue weighted by Gasteiger charge is -2.18. The molecule has 8 heteroatoms. The first kappa shape index (κ1) is 28.1. The van der Waals surface area contributed by atoms with Crippen LogP contribution in [0, 0.1) is 23.7 Å². The van der Waals surface area contributed by atoms with Crippen LogP contribution in [0.5, 0.6) is 0 Å². The Labute approximate surface area is 220 Å². The highest BCUT2D eigenvalue weighted by atomic mass is 32.1. The van der Waals surface area contributed by atoms with E-state index in [2.05, 4.69) is 39.0 Å². The molecular formula is C28H28N4O2S2. The average molecular weight is 517 g/mol. The number of amides is 1. The summed E-state index contributed by atoms with van der Waals surface area (Å²) in [6.45, 7) is 5.43. The summed E-state index contributed by atoms with van der Waals surface area (Å²) in [5.41, 5.74) is 8.22. The average Bonchev–Trinajstić information content (AvgIpc) is 3.45. The Balaban J connectivity index is 0.000000265. The molecule has 0 radical (unpaired) electrons. The van der Waals surface area contributed by atoms with Crippen molar-refractivity contribution in [3.63, 3.8) is 0 Å². The Morgan fingerprint density at radius 3 is 1.81 bits per heavy atom. The number of rotatable bonds is 1. The molecule has 0 aliphatic carbocycles. The number of aromatic nitrogens is 2. The van der Waals surface area contributed by atoms with Crippen LogP contribution < -0.4 is 11.1 Å². The van der Waals surface area contributed by atoms with E-state index in [-0.39, 0.29) is 7.43 Å². The van der Waals surface area contributed by atoms with Crippen molar-refractivity contribution in [3.8, 4) is 23.7 Å². The molecular weight excluding hydrogens is 488 g/mol. The topological polar surface area (TPSA) is 90.1 Å².